The normalized spacial score (nSPS) is 10.3. The Morgan fingerprint density at radius 1 is 1.47 bits per heavy atom. The van der Waals surface area contributed by atoms with Gasteiger partial charge < -0.3 is 10.2 Å². The summed E-state index contributed by atoms with van der Waals surface area (Å²) in [6, 6.07) is 5.22. The highest BCUT2D eigenvalue weighted by atomic mass is 79.9. The minimum atomic E-state index is -0.938. The number of hydrogen-bond donors (Lipinski definition) is 2. The van der Waals surface area contributed by atoms with Crippen LogP contribution in [0.3, 0.4) is 0 Å². The molecule has 0 saturated carbocycles. The first-order valence-electron chi connectivity index (χ1n) is 4.41. The average Bonchev–Trinajstić information content (AvgIpc) is 2.20. The van der Waals surface area contributed by atoms with Crippen LogP contribution in [0.15, 0.2) is 27.6 Å². The van der Waals surface area contributed by atoms with Gasteiger partial charge in [-0.2, -0.15) is 0 Å². The molecule has 0 atom stereocenters. The van der Waals surface area contributed by atoms with E-state index in [4.69, 9.17) is 10.2 Å². The molecule has 3 nitrogen and oxygen atoms in total. The molecular formula is C10H11BrO3S. The topological polar surface area (TPSA) is 57.5 Å². The Morgan fingerprint density at radius 3 is 2.80 bits per heavy atom. The molecule has 0 fully saturated rings. The molecule has 0 heterocycles. The van der Waals surface area contributed by atoms with Crippen LogP contribution in [-0.4, -0.2) is 28.5 Å². The molecular weight excluding hydrogens is 280 g/mol. The molecule has 0 aliphatic carbocycles. The highest BCUT2D eigenvalue weighted by molar-refractivity contribution is 9.10. The molecule has 0 saturated heterocycles. The summed E-state index contributed by atoms with van der Waals surface area (Å²) in [5.41, 5.74) is 0.268. The number of aliphatic hydroxyl groups excluding tert-OH is 1. The van der Waals surface area contributed by atoms with Gasteiger partial charge in [0.2, 0.25) is 0 Å². The van der Waals surface area contributed by atoms with Gasteiger partial charge in [-0.1, -0.05) is 0 Å². The van der Waals surface area contributed by atoms with Gasteiger partial charge in [-0.25, -0.2) is 4.79 Å². The predicted molar refractivity (Wildman–Crippen MR) is 63.5 cm³/mol. The smallest absolute Gasteiger partial charge is 0.336 e. The SMILES string of the molecule is O=C(O)c1cc(SCCCO)ccc1Br. The monoisotopic (exact) mass is 290 g/mol. The van der Waals surface area contributed by atoms with Gasteiger partial charge in [0, 0.05) is 21.7 Å². The maximum absolute atomic E-state index is 10.8. The summed E-state index contributed by atoms with van der Waals surface area (Å²) in [5.74, 6) is -0.150. The highest BCUT2D eigenvalue weighted by Gasteiger charge is 2.08. The molecule has 15 heavy (non-hydrogen) atoms. The lowest BCUT2D eigenvalue weighted by molar-refractivity contribution is 0.0695. The van der Waals surface area contributed by atoms with Crippen LogP contribution in [0.4, 0.5) is 0 Å². The Hall–Kier alpha value is -0.520. The second-order valence-corrected chi connectivity index (χ2v) is 4.90. The summed E-state index contributed by atoms with van der Waals surface area (Å²) < 4.78 is 0.585. The summed E-state index contributed by atoms with van der Waals surface area (Å²) in [6.45, 7) is 0.162. The number of thioether (sulfide) groups is 1. The van der Waals surface area contributed by atoms with E-state index in [1.165, 1.54) is 0 Å². The van der Waals surface area contributed by atoms with Gasteiger partial charge in [0.25, 0.3) is 0 Å². The van der Waals surface area contributed by atoms with Crippen molar-refractivity contribution in [1.29, 1.82) is 0 Å². The van der Waals surface area contributed by atoms with Crippen molar-refractivity contribution < 1.29 is 15.0 Å². The van der Waals surface area contributed by atoms with Crippen molar-refractivity contribution >= 4 is 33.7 Å². The molecule has 0 amide bonds. The van der Waals surface area contributed by atoms with Crippen LogP contribution < -0.4 is 0 Å². The van der Waals surface area contributed by atoms with E-state index in [0.717, 1.165) is 10.6 Å². The molecule has 82 valence electrons. The van der Waals surface area contributed by atoms with Gasteiger partial charge >= 0.3 is 5.97 Å². The van der Waals surface area contributed by atoms with E-state index in [1.807, 2.05) is 6.07 Å². The van der Waals surface area contributed by atoms with Crippen LogP contribution in [0.1, 0.15) is 16.8 Å². The number of hydrogen-bond acceptors (Lipinski definition) is 3. The minimum Gasteiger partial charge on any atom is -0.478 e. The molecule has 1 aromatic rings. The third-order valence-corrected chi connectivity index (χ3v) is 3.51. The summed E-state index contributed by atoms with van der Waals surface area (Å²) >= 11 is 4.72. The van der Waals surface area contributed by atoms with Crippen molar-refractivity contribution in [2.24, 2.45) is 0 Å². The number of carbonyl (C=O) groups is 1. The summed E-state index contributed by atoms with van der Waals surface area (Å²) in [4.78, 5) is 11.7. The minimum absolute atomic E-state index is 0.162. The number of rotatable bonds is 5. The number of aliphatic hydroxyl groups is 1. The Labute approximate surface area is 101 Å². The Kier molecular flexibility index (Phi) is 5.14. The lowest BCUT2D eigenvalue weighted by atomic mass is 10.2. The lowest BCUT2D eigenvalue weighted by Gasteiger charge is -2.03. The van der Waals surface area contributed by atoms with Gasteiger partial charge in [-0.05, 0) is 40.5 Å². The fourth-order valence-electron chi connectivity index (χ4n) is 1.01. The second kappa shape index (κ2) is 6.15. The van der Waals surface area contributed by atoms with E-state index >= 15 is 0 Å². The maximum Gasteiger partial charge on any atom is 0.336 e. The van der Waals surface area contributed by atoms with Crippen molar-refractivity contribution in [1.82, 2.24) is 0 Å². The molecule has 0 spiro atoms. The lowest BCUT2D eigenvalue weighted by Crippen LogP contribution is -1.97. The van der Waals surface area contributed by atoms with Crippen molar-refractivity contribution in [3.05, 3.63) is 28.2 Å². The van der Waals surface area contributed by atoms with Crippen LogP contribution >= 0.6 is 27.7 Å². The van der Waals surface area contributed by atoms with Crippen LogP contribution in [0.25, 0.3) is 0 Å². The second-order valence-electron chi connectivity index (χ2n) is 2.87. The zero-order valence-electron chi connectivity index (χ0n) is 7.94. The van der Waals surface area contributed by atoms with Crippen LogP contribution in [0.2, 0.25) is 0 Å². The summed E-state index contributed by atoms with van der Waals surface area (Å²) in [5, 5.41) is 17.5. The average molecular weight is 291 g/mol. The van der Waals surface area contributed by atoms with E-state index < -0.39 is 5.97 Å². The number of aromatic carboxylic acids is 1. The Balaban J connectivity index is 2.74. The first kappa shape index (κ1) is 12.5. The Morgan fingerprint density at radius 2 is 2.20 bits per heavy atom. The number of carboxylic acid groups (broad SMARTS) is 1. The van der Waals surface area contributed by atoms with Crippen LogP contribution in [-0.2, 0) is 0 Å². The highest BCUT2D eigenvalue weighted by Crippen LogP contribution is 2.25. The first-order chi connectivity index (χ1) is 7.15. The molecule has 0 aromatic heterocycles. The number of carboxylic acids is 1. The van der Waals surface area contributed by atoms with Gasteiger partial charge in [0.15, 0.2) is 0 Å². The van der Waals surface area contributed by atoms with Gasteiger partial charge in [-0.15, -0.1) is 11.8 Å². The maximum atomic E-state index is 10.8. The van der Waals surface area contributed by atoms with E-state index in [0.29, 0.717) is 10.9 Å². The van der Waals surface area contributed by atoms with Gasteiger partial charge in [0.05, 0.1) is 5.56 Å². The standard InChI is InChI=1S/C10H11BrO3S/c11-9-3-2-7(15-5-1-4-12)6-8(9)10(13)14/h2-3,6,12H,1,4-5H2,(H,13,14). The van der Waals surface area contributed by atoms with E-state index in [9.17, 15) is 4.79 Å². The van der Waals surface area contributed by atoms with Crippen molar-refractivity contribution in [2.75, 3.05) is 12.4 Å². The van der Waals surface area contributed by atoms with E-state index in [-0.39, 0.29) is 12.2 Å². The summed E-state index contributed by atoms with van der Waals surface area (Å²) in [6.07, 6.45) is 0.711. The largest absolute Gasteiger partial charge is 0.478 e. The molecule has 0 aliphatic heterocycles. The fourth-order valence-corrected chi connectivity index (χ4v) is 2.30. The zero-order valence-corrected chi connectivity index (χ0v) is 10.3. The number of benzene rings is 1. The third-order valence-electron chi connectivity index (χ3n) is 1.74. The molecule has 0 aliphatic rings. The molecule has 1 aromatic carbocycles. The fraction of sp³-hybridized carbons (Fsp3) is 0.300. The van der Waals surface area contributed by atoms with Crippen LogP contribution in [0, 0.1) is 0 Å². The molecule has 0 radical (unpaired) electrons. The van der Waals surface area contributed by atoms with E-state index in [2.05, 4.69) is 15.9 Å². The molecule has 2 N–H and O–H groups in total. The van der Waals surface area contributed by atoms with Crippen LogP contribution in [0.5, 0.6) is 0 Å². The van der Waals surface area contributed by atoms with Gasteiger partial charge in [-0.3, -0.25) is 0 Å². The third kappa shape index (κ3) is 3.85. The van der Waals surface area contributed by atoms with E-state index in [1.54, 1.807) is 23.9 Å². The predicted octanol–water partition coefficient (Wildman–Crippen LogP) is 2.62. The first-order valence-corrected chi connectivity index (χ1v) is 6.19. The van der Waals surface area contributed by atoms with Crippen molar-refractivity contribution in [3.8, 4) is 0 Å². The van der Waals surface area contributed by atoms with Crippen molar-refractivity contribution in [3.63, 3.8) is 0 Å². The molecule has 1 rings (SSSR count). The molecule has 0 bridgehead atoms. The zero-order chi connectivity index (χ0) is 11.3. The Bertz CT molecular complexity index is 355. The summed E-state index contributed by atoms with van der Waals surface area (Å²) in [7, 11) is 0. The van der Waals surface area contributed by atoms with Crippen molar-refractivity contribution in [2.45, 2.75) is 11.3 Å². The molecule has 0 unspecified atom stereocenters. The number of halogens is 1. The quantitative estimate of drug-likeness (QED) is 0.647. The van der Waals surface area contributed by atoms with Gasteiger partial charge in [0.1, 0.15) is 0 Å². The molecule has 5 heteroatoms.